The van der Waals surface area contributed by atoms with E-state index in [1.54, 1.807) is 0 Å². The van der Waals surface area contributed by atoms with Crippen LogP contribution < -0.4 is 5.32 Å². The Morgan fingerprint density at radius 2 is 1.63 bits per heavy atom. The molecule has 0 bridgehead atoms. The highest BCUT2D eigenvalue weighted by Gasteiger charge is 2.19. The summed E-state index contributed by atoms with van der Waals surface area (Å²) in [6, 6.07) is 18.5. The van der Waals surface area contributed by atoms with Crippen molar-refractivity contribution in [2.24, 2.45) is 0 Å². The average molecular weight is 251 g/mol. The first-order valence-corrected chi connectivity index (χ1v) is 6.74. The van der Waals surface area contributed by atoms with Crippen LogP contribution in [0.1, 0.15) is 30.0 Å². The van der Waals surface area contributed by atoms with Crippen molar-refractivity contribution in [3.05, 3.63) is 65.7 Å². The normalized spacial score (nSPS) is 18.9. The lowest BCUT2D eigenvalue weighted by Crippen LogP contribution is -2.19. The Morgan fingerprint density at radius 1 is 0.895 bits per heavy atom. The fraction of sp³-hybridized carbons (Fsp3) is 0.235. The van der Waals surface area contributed by atoms with E-state index < -0.39 is 0 Å². The molecule has 1 N–H and O–H groups in total. The lowest BCUT2D eigenvalue weighted by Gasteiger charge is -2.24. The van der Waals surface area contributed by atoms with Gasteiger partial charge in [-0.2, -0.15) is 0 Å². The number of rotatable bonds is 1. The summed E-state index contributed by atoms with van der Waals surface area (Å²) in [4.78, 5) is 12.0. The first kappa shape index (κ1) is 12.0. The zero-order valence-electron chi connectivity index (χ0n) is 10.8. The molecule has 2 nitrogen and oxygen atoms in total. The van der Waals surface area contributed by atoms with Crippen molar-refractivity contribution in [2.75, 3.05) is 5.32 Å². The van der Waals surface area contributed by atoms with Crippen LogP contribution in [0.3, 0.4) is 0 Å². The van der Waals surface area contributed by atoms with Crippen LogP contribution in [-0.4, -0.2) is 5.78 Å². The number of ketones is 1. The van der Waals surface area contributed by atoms with Crippen LogP contribution in [0.15, 0.2) is 54.6 Å². The van der Waals surface area contributed by atoms with Crippen LogP contribution in [0.25, 0.3) is 0 Å². The third kappa shape index (κ3) is 2.68. The summed E-state index contributed by atoms with van der Waals surface area (Å²) in [5.41, 5.74) is 3.56. The van der Waals surface area contributed by atoms with E-state index in [2.05, 4.69) is 29.6 Å². The molecule has 1 aliphatic heterocycles. The van der Waals surface area contributed by atoms with Gasteiger partial charge >= 0.3 is 0 Å². The number of para-hydroxylation sites is 1. The van der Waals surface area contributed by atoms with Crippen LogP contribution in [-0.2, 0) is 11.2 Å². The summed E-state index contributed by atoms with van der Waals surface area (Å²) < 4.78 is 0. The van der Waals surface area contributed by atoms with E-state index >= 15 is 0 Å². The van der Waals surface area contributed by atoms with Gasteiger partial charge in [0.05, 0.1) is 6.04 Å². The monoisotopic (exact) mass is 251 g/mol. The van der Waals surface area contributed by atoms with Gasteiger partial charge in [0.2, 0.25) is 0 Å². The molecular formula is C17H17NO. The summed E-state index contributed by atoms with van der Waals surface area (Å²) in [6.45, 7) is 0. The second-order valence-corrected chi connectivity index (χ2v) is 5.01. The standard InChI is InChI=1S/C17H17NO/c19-15-11-10-14-8-4-5-9-16(14)18-17(12-15)13-6-2-1-3-7-13/h1-9,17-18H,10-12H2. The van der Waals surface area contributed by atoms with Crippen LogP contribution in [0.2, 0.25) is 0 Å². The van der Waals surface area contributed by atoms with Gasteiger partial charge in [-0.1, -0.05) is 48.5 Å². The summed E-state index contributed by atoms with van der Waals surface area (Å²) in [6.07, 6.45) is 2.05. The fourth-order valence-corrected chi connectivity index (χ4v) is 2.61. The van der Waals surface area contributed by atoms with Crippen LogP contribution >= 0.6 is 0 Å². The van der Waals surface area contributed by atoms with Gasteiger partial charge in [0.15, 0.2) is 0 Å². The molecule has 2 aromatic rings. The van der Waals surface area contributed by atoms with Crippen LogP contribution in [0, 0.1) is 0 Å². The average Bonchev–Trinajstić information content (AvgIpc) is 2.44. The smallest absolute Gasteiger partial charge is 0.135 e. The summed E-state index contributed by atoms with van der Waals surface area (Å²) >= 11 is 0. The predicted molar refractivity (Wildman–Crippen MR) is 77.2 cm³/mol. The molecule has 0 fully saturated rings. The number of carbonyl (C=O) groups is 1. The highest BCUT2D eigenvalue weighted by Crippen LogP contribution is 2.29. The fourth-order valence-electron chi connectivity index (χ4n) is 2.61. The highest BCUT2D eigenvalue weighted by atomic mass is 16.1. The number of carbonyl (C=O) groups excluding carboxylic acids is 1. The van der Waals surface area contributed by atoms with E-state index in [-0.39, 0.29) is 6.04 Å². The maximum Gasteiger partial charge on any atom is 0.135 e. The zero-order chi connectivity index (χ0) is 13.1. The van der Waals surface area contributed by atoms with Crippen molar-refractivity contribution in [1.29, 1.82) is 0 Å². The summed E-state index contributed by atoms with van der Waals surface area (Å²) in [7, 11) is 0. The molecule has 0 aromatic heterocycles. The van der Waals surface area contributed by atoms with Crippen molar-refractivity contribution in [1.82, 2.24) is 0 Å². The molecule has 19 heavy (non-hydrogen) atoms. The topological polar surface area (TPSA) is 29.1 Å². The Hall–Kier alpha value is -2.09. The number of fused-ring (bicyclic) bond motifs is 1. The van der Waals surface area contributed by atoms with E-state index in [1.165, 1.54) is 11.1 Å². The molecule has 2 aromatic carbocycles. The lowest BCUT2D eigenvalue weighted by atomic mass is 9.94. The third-order valence-corrected chi connectivity index (χ3v) is 3.65. The van der Waals surface area contributed by atoms with Gasteiger partial charge in [-0.25, -0.2) is 0 Å². The van der Waals surface area contributed by atoms with Crippen molar-refractivity contribution in [2.45, 2.75) is 25.3 Å². The van der Waals surface area contributed by atoms with Crippen LogP contribution in [0.5, 0.6) is 0 Å². The molecule has 0 aliphatic carbocycles. The van der Waals surface area contributed by atoms with Gasteiger partial charge in [0, 0.05) is 18.5 Å². The van der Waals surface area contributed by atoms with Gasteiger partial charge < -0.3 is 5.32 Å². The van der Waals surface area contributed by atoms with E-state index in [9.17, 15) is 4.79 Å². The Bertz CT molecular complexity index is 577. The first-order valence-electron chi connectivity index (χ1n) is 6.74. The van der Waals surface area contributed by atoms with Gasteiger partial charge in [0.1, 0.15) is 5.78 Å². The van der Waals surface area contributed by atoms with Crippen molar-refractivity contribution in [3.63, 3.8) is 0 Å². The molecule has 96 valence electrons. The van der Waals surface area contributed by atoms with Gasteiger partial charge in [-0.05, 0) is 23.6 Å². The molecule has 1 aliphatic rings. The van der Waals surface area contributed by atoms with Crippen molar-refractivity contribution >= 4 is 11.5 Å². The lowest BCUT2D eigenvalue weighted by molar-refractivity contribution is -0.119. The second kappa shape index (κ2) is 5.27. The molecule has 0 amide bonds. The molecular weight excluding hydrogens is 234 g/mol. The number of aryl methyl sites for hydroxylation is 1. The Labute approximate surface area is 113 Å². The number of Topliss-reactive ketones (excluding diaryl/α,β-unsaturated/α-hetero) is 1. The number of hydrogen-bond donors (Lipinski definition) is 1. The number of anilines is 1. The minimum Gasteiger partial charge on any atom is -0.378 e. The Balaban J connectivity index is 1.96. The van der Waals surface area contributed by atoms with E-state index in [0.29, 0.717) is 18.6 Å². The number of nitrogens with one attached hydrogen (secondary N) is 1. The summed E-state index contributed by atoms with van der Waals surface area (Å²) in [5.74, 6) is 0.329. The maximum absolute atomic E-state index is 12.0. The molecule has 2 heteroatoms. The Morgan fingerprint density at radius 3 is 2.47 bits per heavy atom. The number of hydrogen-bond acceptors (Lipinski definition) is 2. The van der Waals surface area contributed by atoms with E-state index in [1.807, 2.05) is 30.3 Å². The second-order valence-electron chi connectivity index (χ2n) is 5.01. The summed E-state index contributed by atoms with van der Waals surface area (Å²) in [5, 5.41) is 3.53. The minimum atomic E-state index is 0.0788. The molecule has 1 unspecified atom stereocenters. The van der Waals surface area contributed by atoms with Crippen LogP contribution in [0.4, 0.5) is 5.69 Å². The van der Waals surface area contributed by atoms with E-state index in [0.717, 1.165) is 12.1 Å². The first-order chi connectivity index (χ1) is 9.33. The quantitative estimate of drug-likeness (QED) is 0.836. The van der Waals surface area contributed by atoms with Gasteiger partial charge in [-0.3, -0.25) is 4.79 Å². The molecule has 3 rings (SSSR count). The predicted octanol–water partition coefficient (Wildman–Crippen LogP) is 3.75. The highest BCUT2D eigenvalue weighted by molar-refractivity contribution is 5.81. The molecule has 1 atom stereocenters. The molecule has 1 heterocycles. The Kier molecular flexibility index (Phi) is 3.32. The van der Waals surface area contributed by atoms with Crippen molar-refractivity contribution < 1.29 is 4.79 Å². The largest absolute Gasteiger partial charge is 0.378 e. The molecule has 0 radical (unpaired) electrons. The molecule has 0 saturated carbocycles. The number of benzene rings is 2. The van der Waals surface area contributed by atoms with Gasteiger partial charge in [0.25, 0.3) is 0 Å². The minimum absolute atomic E-state index is 0.0788. The maximum atomic E-state index is 12.0. The molecule has 0 spiro atoms. The SMILES string of the molecule is O=C1CCc2ccccc2NC(c2ccccc2)C1. The van der Waals surface area contributed by atoms with Crippen molar-refractivity contribution in [3.8, 4) is 0 Å². The van der Waals surface area contributed by atoms with Gasteiger partial charge in [-0.15, -0.1) is 0 Å². The van der Waals surface area contributed by atoms with E-state index in [4.69, 9.17) is 0 Å². The third-order valence-electron chi connectivity index (χ3n) is 3.65. The zero-order valence-corrected chi connectivity index (χ0v) is 10.8. The molecule has 0 saturated heterocycles.